The van der Waals surface area contributed by atoms with Crippen molar-refractivity contribution < 1.29 is 4.74 Å². The standard InChI is InChI=1S/C11H11BrClN3O/c1-6(14)16-9-3-2-8(13)11(12)7(9)4-17-5-10(16)15/h2-3,14-15H,4-5H2,1H3. The Morgan fingerprint density at radius 3 is 2.82 bits per heavy atom. The maximum atomic E-state index is 7.88. The minimum absolute atomic E-state index is 0.189. The fourth-order valence-corrected chi connectivity index (χ4v) is 2.40. The summed E-state index contributed by atoms with van der Waals surface area (Å²) in [4.78, 5) is 1.56. The van der Waals surface area contributed by atoms with Gasteiger partial charge in [0.05, 0.1) is 17.3 Å². The zero-order valence-electron chi connectivity index (χ0n) is 9.18. The molecule has 0 radical (unpaired) electrons. The van der Waals surface area contributed by atoms with E-state index in [2.05, 4.69) is 15.9 Å². The van der Waals surface area contributed by atoms with Crippen LogP contribution in [-0.2, 0) is 11.3 Å². The van der Waals surface area contributed by atoms with Crippen molar-refractivity contribution in [2.45, 2.75) is 13.5 Å². The maximum absolute atomic E-state index is 7.88. The van der Waals surface area contributed by atoms with Crippen molar-refractivity contribution in [3.05, 3.63) is 27.2 Å². The first-order valence-electron chi connectivity index (χ1n) is 4.99. The summed E-state index contributed by atoms with van der Waals surface area (Å²) in [6, 6.07) is 3.56. The molecule has 0 unspecified atom stereocenters. The highest BCUT2D eigenvalue weighted by Gasteiger charge is 2.24. The Kier molecular flexibility index (Phi) is 3.51. The van der Waals surface area contributed by atoms with Crippen LogP contribution in [0, 0.1) is 10.8 Å². The fraction of sp³-hybridized carbons (Fsp3) is 0.273. The number of halogens is 2. The molecule has 0 fully saturated rings. The molecular formula is C11H11BrClN3O. The maximum Gasteiger partial charge on any atom is 0.132 e. The Morgan fingerprint density at radius 1 is 1.47 bits per heavy atom. The van der Waals surface area contributed by atoms with E-state index in [-0.39, 0.29) is 18.3 Å². The second-order valence-corrected chi connectivity index (χ2v) is 4.92. The highest BCUT2D eigenvalue weighted by Crippen LogP contribution is 2.35. The molecule has 0 spiro atoms. The number of nitrogens with one attached hydrogen (secondary N) is 2. The number of benzene rings is 1. The average molecular weight is 317 g/mol. The van der Waals surface area contributed by atoms with Crippen LogP contribution < -0.4 is 4.90 Å². The lowest BCUT2D eigenvalue weighted by Crippen LogP contribution is -2.36. The van der Waals surface area contributed by atoms with Crippen molar-refractivity contribution >= 4 is 44.9 Å². The number of rotatable bonds is 0. The Morgan fingerprint density at radius 2 is 2.18 bits per heavy atom. The third-order valence-electron chi connectivity index (χ3n) is 2.50. The minimum atomic E-state index is 0.189. The number of ether oxygens (including phenoxy) is 1. The van der Waals surface area contributed by atoms with Gasteiger partial charge < -0.3 is 4.74 Å². The van der Waals surface area contributed by atoms with Gasteiger partial charge in [-0.05, 0) is 35.0 Å². The number of nitrogens with zero attached hydrogens (tertiary/aromatic N) is 1. The van der Waals surface area contributed by atoms with Crippen molar-refractivity contribution in [3.63, 3.8) is 0 Å². The second kappa shape index (κ2) is 4.76. The summed E-state index contributed by atoms with van der Waals surface area (Å²) in [5.41, 5.74) is 1.64. The van der Waals surface area contributed by atoms with Gasteiger partial charge in [0, 0.05) is 10.0 Å². The summed E-state index contributed by atoms with van der Waals surface area (Å²) in [5, 5.41) is 16.2. The summed E-state index contributed by atoms with van der Waals surface area (Å²) < 4.78 is 6.16. The number of amidine groups is 2. The smallest absolute Gasteiger partial charge is 0.132 e. The molecule has 1 heterocycles. The van der Waals surface area contributed by atoms with Gasteiger partial charge in [0.15, 0.2) is 0 Å². The highest BCUT2D eigenvalue weighted by atomic mass is 79.9. The fourth-order valence-electron chi connectivity index (χ4n) is 1.77. The van der Waals surface area contributed by atoms with Crippen LogP contribution in [0.3, 0.4) is 0 Å². The largest absolute Gasteiger partial charge is 0.369 e. The summed E-state index contributed by atoms with van der Waals surface area (Å²) in [6.45, 7) is 2.21. The van der Waals surface area contributed by atoms with E-state index >= 15 is 0 Å². The van der Waals surface area contributed by atoms with Gasteiger partial charge in [-0.3, -0.25) is 15.7 Å². The lowest BCUT2D eigenvalue weighted by Gasteiger charge is -2.23. The summed E-state index contributed by atoms with van der Waals surface area (Å²) in [6.07, 6.45) is 0. The zero-order valence-corrected chi connectivity index (χ0v) is 11.5. The van der Waals surface area contributed by atoms with E-state index in [0.717, 1.165) is 15.7 Å². The zero-order chi connectivity index (χ0) is 12.6. The van der Waals surface area contributed by atoms with E-state index < -0.39 is 0 Å². The van der Waals surface area contributed by atoms with Crippen molar-refractivity contribution in [1.29, 1.82) is 10.8 Å². The van der Waals surface area contributed by atoms with Gasteiger partial charge in [-0.1, -0.05) is 11.6 Å². The molecule has 4 nitrogen and oxygen atoms in total. The summed E-state index contributed by atoms with van der Waals surface area (Å²) in [7, 11) is 0. The molecule has 0 aromatic heterocycles. The molecule has 1 aliphatic rings. The van der Waals surface area contributed by atoms with E-state index in [1.807, 2.05) is 6.07 Å². The van der Waals surface area contributed by atoms with Gasteiger partial charge in [-0.25, -0.2) is 0 Å². The highest BCUT2D eigenvalue weighted by molar-refractivity contribution is 9.10. The minimum Gasteiger partial charge on any atom is -0.369 e. The molecule has 0 amide bonds. The molecule has 2 rings (SSSR count). The number of fused-ring (bicyclic) bond motifs is 1. The monoisotopic (exact) mass is 315 g/mol. The van der Waals surface area contributed by atoms with E-state index in [1.54, 1.807) is 17.9 Å². The molecule has 0 saturated carbocycles. The second-order valence-electron chi connectivity index (χ2n) is 3.72. The van der Waals surface area contributed by atoms with E-state index in [1.165, 1.54) is 0 Å². The Balaban J connectivity index is 2.63. The number of anilines is 1. The van der Waals surface area contributed by atoms with Gasteiger partial charge in [0.2, 0.25) is 0 Å². The molecule has 1 aromatic carbocycles. The van der Waals surface area contributed by atoms with E-state index in [9.17, 15) is 0 Å². The third-order valence-corrected chi connectivity index (χ3v) is 3.95. The van der Waals surface area contributed by atoms with Crippen LogP contribution in [0.25, 0.3) is 0 Å². The van der Waals surface area contributed by atoms with Crippen molar-refractivity contribution in [1.82, 2.24) is 0 Å². The molecular weight excluding hydrogens is 305 g/mol. The average Bonchev–Trinajstić information content (AvgIpc) is 2.42. The molecule has 90 valence electrons. The molecule has 0 atom stereocenters. The van der Waals surface area contributed by atoms with E-state index in [0.29, 0.717) is 11.6 Å². The van der Waals surface area contributed by atoms with Crippen molar-refractivity contribution in [2.75, 3.05) is 11.5 Å². The van der Waals surface area contributed by atoms with Crippen LogP contribution in [0.15, 0.2) is 16.6 Å². The quantitative estimate of drug-likeness (QED) is 0.569. The predicted octanol–water partition coefficient (Wildman–Crippen LogP) is 3.41. The number of hydrogen-bond donors (Lipinski definition) is 2. The molecule has 2 N–H and O–H groups in total. The first-order chi connectivity index (χ1) is 8.02. The number of hydrogen-bond acceptors (Lipinski definition) is 3. The summed E-state index contributed by atoms with van der Waals surface area (Å²) in [5.74, 6) is 0.543. The predicted molar refractivity (Wildman–Crippen MR) is 72.4 cm³/mol. The molecule has 0 saturated heterocycles. The molecule has 0 aliphatic carbocycles. The van der Waals surface area contributed by atoms with Crippen LogP contribution in [0.4, 0.5) is 5.69 Å². The van der Waals surface area contributed by atoms with Gasteiger partial charge in [-0.2, -0.15) is 0 Å². The SMILES string of the molecule is CC(=N)N1C(=N)COCc2c1ccc(Cl)c2Br. The van der Waals surface area contributed by atoms with Crippen LogP contribution in [0.1, 0.15) is 12.5 Å². The first-order valence-corrected chi connectivity index (χ1v) is 6.16. The van der Waals surface area contributed by atoms with Gasteiger partial charge >= 0.3 is 0 Å². The molecule has 17 heavy (non-hydrogen) atoms. The van der Waals surface area contributed by atoms with Gasteiger partial charge in [-0.15, -0.1) is 0 Å². The lowest BCUT2D eigenvalue weighted by atomic mass is 10.1. The summed E-state index contributed by atoms with van der Waals surface area (Å²) >= 11 is 9.45. The Hall–Kier alpha value is -0.910. The Bertz CT molecular complexity index is 504. The van der Waals surface area contributed by atoms with Crippen LogP contribution in [0.2, 0.25) is 5.02 Å². The van der Waals surface area contributed by atoms with Gasteiger partial charge in [0.25, 0.3) is 0 Å². The van der Waals surface area contributed by atoms with Crippen LogP contribution in [-0.4, -0.2) is 18.3 Å². The third kappa shape index (κ3) is 2.22. The van der Waals surface area contributed by atoms with Crippen molar-refractivity contribution in [2.24, 2.45) is 0 Å². The Labute approximate surface area is 113 Å². The van der Waals surface area contributed by atoms with Crippen LogP contribution in [0.5, 0.6) is 0 Å². The van der Waals surface area contributed by atoms with Gasteiger partial charge in [0.1, 0.15) is 18.3 Å². The van der Waals surface area contributed by atoms with Crippen molar-refractivity contribution in [3.8, 4) is 0 Å². The van der Waals surface area contributed by atoms with Crippen LogP contribution >= 0.6 is 27.5 Å². The topological polar surface area (TPSA) is 60.2 Å². The normalized spacial score (nSPS) is 15.5. The first kappa shape index (κ1) is 12.5. The molecule has 1 aliphatic heterocycles. The van der Waals surface area contributed by atoms with E-state index in [4.69, 9.17) is 27.2 Å². The molecule has 6 heteroatoms. The molecule has 1 aromatic rings. The lowest BCUT2D eigenvalue weighted by molar-refractivity contribution is 0.159. The molecule has 0 bridgehead atoms.